The van der Waals surface area contributed by atoms with Crippen LogP contribution in [0.5, 0.6) is 5.88 Å². The predicted molar refractivity (Wildman–Crippen MR) is 96.2 cm³/mol. The van der Waals surface area contributed by atoms with Crippen LogP contribution in [-0.4, -0.2) is 61.0 Å². The fourth-order valence-corrected chi connectivity index (χ4v) is 2.58. The number of H-pyrrole nitrogens is 2. The van der Waals surface area contributed by atoms with Crippen LogP contribution >= 0.6 is 0 Å². The number of hydrogen-bond donors (Lipinski definition) is 4. The Morgan fingerprint density at radius 2 is 2.30 bits per heavy atom. The van der Waals surface area contributed by atoms with Gasteiger partial charge in [0, 0.05) is 25.5 Å². The number of hydrogen-bond acceptors (Lipinski definition) is 8. The van der Waals surface area contributed by atoms with Crippen molar-refractivity contribution in [3.63, 3.8) is 0 Å². The molecular weight excluding hydrogens is 352 g/mol. The third-order valence-corrected chi connectivity index (χ3v) is 4.07. The van der Waals surface area contributed by atoms with Crippen LogP contribution in [0.15, 0.2) is 16.0 Å². The normalized spacial score (nSPS) is 15.7. The van der Waals surface area contributed by atoms with E-state index < -0.39 is 5.69 Å². The summed E-state index contributed by atoms with van der Waals surface area (Å²) in [6, 6.07) is 0.270. The maximum atomic E-state index is 11.3. The Bertz CT molecular complexity index is 1120. The Hall–Kier alpha value is -3.21. The number of aromatic hydroxyl groups is 1. The lowest BCUT2D eigenvalue weighted by atomic mass is 10.3. The van der Waals surface area contributed by atoms with E-state index in [1.54, 1.807) is 23.9 Å². The maximum Gasteiger partial charge on any atom is 0.326 e. The molecule has 1 fully saturated rings. The minimum Gasteiger partial charge on any atom is -0.493 e. The van der Waals surface area contributed by atoms with Crippen LogP contribution in [0.25, 0.3) is 11.7 Å². The molecule has 0 unspecified atom stereocenters. The van der Waals surface area contributed by atoms with Crippen molar-refractivity contribution in [2.45, 2.75) is 25.3 Å². The molecule has 3 aromatic heterocycles. The molecule has 0 radical (unpaired) electrons. The van der Waals surface area contributed by atoms with Gasteiger partial charge in [0.25, 0.3) is 5.62 Å². The lowest BCUT2D eigenvalue weighted by Gasteiger charge is -2.04. The average Bonchev–Trinajstić information content (AvgIpc) is 3.28. The molecule has 1 aliphatic rings. The number of nitrogens with one attached hydrogen (secondary N) is 3. The number of ether oxygens (including phenoxy) is 1. The van der Waals surface area contributed by atoms with Gasteiger partial charge in [-0.3, -0.25) is 4.98 Å². The monoisotopic (exact) mass is 372 g/mol. The second-order valence-corrected chi connectivity index (χ2v) is 6.30. The van der Waals surface area contributed by atoms with Gasteiger partial charge in [-0.1, -0.05) is 0 Å². The number of anilines is 1. The summed E-state index contributed by atoms with van der Waals surface area (Å²) in [6.45, 7) is 1.30. The number of aromatic nitrogens is 6. The Kier molecular flexibility index (Phi) is 4.59. The molecular formula is C16H20N8O3. The van der Waals surface area contributed by atoms with Gasteiger partial charge in [-0.05, 0) is 25.3 Å². The number of aromatic amines is 2. The summed E-state index contributed by atoms with van der Waals surface area (Å²) in [7, 11) is 1.66. The molecule has 0 spiro atoms. The van der Waals surface area contributed by atoms with Crippen molar-refractivity contribution >= 4 is 17.7 Å². The van der Waals surface area contributed by atoms with Gasteiger partial charge in [0.05, 0.1) is 12.2 Å². The molecule has 142 valence electrons. The third-order valence-electron chi connectivity index (χ3n) is 4.07. The van der Waals surface area contributed by atoms with Crippen molar-refractivity contribution < 1.29 is 9.84 Å². The van der Waals surface area contributed by atoms with Gasteiger partial charge in [0.2, 0.25) is 11.8 Å². The molecule has 4 rings (SSSR count). The minimum atomic E-state index is -0.491. The highest BCUT2D eigenvalue weighted by atomic mass is 16.5. The van der Waals surface area contributed by atoms with Gasteiger partial charge in [-0.25, -0.2) is 9.79 Å². The zero-order chi connectivity index (χ0) is 18.8. The molecule has 11 heteroatoms. The first-order valence-electron chi connectivity index (χ1n) is 8.69. The van der Waals surface area contributed by atoms with E-state index in [1.807, 2.05) is 0 Å². The largest absolute Gasteiger partial charge is 0.493 e. The lowest BCUT2D eigenvalue weighted by molar-refractivity contribution is 0.197. The van der Waals surface area contributed by atoms with Gasteiger partial charge in [-0.15, -0.1) is 0 Å². The summed E-state index contributed by atoms with van der Waals surface area (Å²) in [6.07, 6.45) is 6.09. The van der Waals surface area contributed by atoms with Crippen molar-refractivity contribution in [2.24, 2.45) is 4.99 Å². The second-order valence-electron chi connectivity index (χ2n) is 6.30. The molecule has 1 saturated carbocycles. The van der Waals surface area contributed by atoms with Crippen molar-refractivity contribution in [3.05, 3.63) is 33.2 Å². The highest BCUT2D eigenvalue weighted by Crippen LogP contribution is 2.22. The first-order chi connectivity index (χ1) is 13.1. The van der Waals surface area contributed by atoms with E-state index in [9.17, 15) is 9.90 Å². The van der Waals surface area contributed by atoms with E-state index in [1.165, 1.54) is 0 Å². The van der Waals surface area contributed by atoms with Gasteiger partial charge in [-0.2, -0.15) is 19.6 Å². The summed E-state index contributed by atoms with van der Waals surface area (Å²) in [5.41, 5.74) is 0.766. The molecule has 0 aliphatic heterocycles. The van der Waals surface area contributed by atoms with Crippen LogP contribution in [0.3, 0.4) is 0 Å². The highest BCUT2D eigenvalue weighted by molar-refractivity contribution is 5.57. The van der Waals surface area contributed by atoms with Crippen molar-refractivity contribution in [1.29, 1.82) is 0 Å². The highest BCUT2D eigenvalue weighted by Gasteiger charge is 2.20. The summed E-state index contributed by atoms with van der Waals surface area (Å²) in [5, 5.41) is 17.9. The predicted octanol–water partition coefficient (Wildman–Crippen LogP) is -1.09. The van der Waals surface area contributed by atoms with Crippen molar-refractivity contribution in [2.75, 3.05) is 25.6 Å². The van der Waals surface area contributed by atoms with E-state index in [2.05, 4.69) is 35.3 Å². The molecule has 0 aromatic carbocycles. The molecule has 27 heavy (non-hydrogen) atoms. The Morgan fingerprint density at radius 1 is 1.44 bits per heavy atom. The third kappa shape index (κ3) is 3.82. The van der Waals surface area contributed by atoms with Crippen LogP contribution in [0, 0.1) is 0 Å². The van der Waals surface area contributed by atoms with Crippen molar-refractivity contribution in [1.82, 2.24) is 29.5 Å². The molecule has 11 nitrogen and oxygen atoms in total. The van der Waals surface area contributed by atoms with E-state index in [4.69, 9.17) is 4.74 Å². The van der Waals surface area contributed by atoms with Crippen LogP contribution in [0.2, 0.25) is 0 Å². The van der Waals surface area contributed by atoms with Gasteiger partial charge in [0.1, 0.15) is 5.69 Å². The smallest absolute Gasteiger partial charge is 0.326 e. The average molecular weight is 372 g/mol. The first-order valence-corrected chi connectivity index (χ1v) is 8.69. The molecule has 0 saturated heterocycles. The van der Waals surface area contributed by atoms with Crippen LogP contribution in [0.1, 0.15) is 25.0 Å². The summed E-state index contributed by atoms with van der Waals surface area (Å²) >= 11 is 0. The molecule has 0 atom stereocenters. The van der Waals surface area contributed by atoms with Crippen molar-refractivity contribution in [3.8, 4) is 5.88 Å². The van der Waals surface area contributed by atoms with Crippen LogP contribution in [-0.2, 0) is 4.74 Å². The molecule has 3 aromatic rings. The lowest BCUT2D eigenvalue weighted by Crippen LogP contribution is -2.25. The Balaban J connectivity index is 1.79. The fraction of sp³-hybridized carbons (Fsp3) is 0.438. The number of nitrogens with zero attached hydrogens (tertiary/aromatic N) is 5. The maximum absolute atomic E-state index is 11.3. The first kappa shape index (κ1) is 17.2. The van der Waals surface area contributed by atoms with E-state index in [0.29, 0.717) is 35.6 Å². The Morgan fingerprint density at radius 3 is 3.00 bits per heavy atom. The molecule has 3 heterocycles. The fourth-order valence-electron chi connectivity index (χ4n) is 2.58. The van der Waals surface area contributed by atoms with Gasteiger partial charge >= 0.3 is 5.69 Å². The molecule has 4 N–H and O–H groups in total. The topological polar surface area (TPSA) is 146 Å². The standard InChI is InChI=1S/C16H20N8O3/c1-27-6-2-5-17-14-21-12-9(7-11-13(25)22-16(26)20-11)8-18-24(12)15(23-14)19-10-3-4-10/h7-8,10,25H,2-6H2,1H3,(H,17,19,23)(H2,20,22,26)/b9-7-. The quantitative estimate of drug-likeness (QED) is 0.385. The van der Waals surface area contributed by atoms with Gasteiger partial charge in [0.15, 0.2) is 5.65 Å². The number of imidazole rings is 1. The van der Waals surface area contributed by atoms with Gasteiger partial charge < -0.3 is 20.1 Å². The molecule has 1 aliphatic carbocycles. The zero-order valence-electron chi connectivity index (χ0n) is 14.8. The second kappa shape index (κ2) is 7.19. The Labute approximate surface area is 152 Å². The number of methoxy groups -OCH3 is 1. The van der Waals surface area contributed by atoms with Crippen LogP contribution < -0.4 is 21.8 Å². The number of fused-ring (bicyclic) bond motifs is 1. The van der Waals surface area contributed by atoms with E-state index in [-0.39, 0.29) is 17.6 Å². The van der Waals surface area contributed by atoms with Crippen LogP contribution in [0.4, 0.5) is 5.95 Å². The molecule has 0 amide bonds. The summed E-state index contributed by atoms with van der Waals surface area (Å²) in [4.78, 5) is 29.7. The molecule has 0 bridgehead atoms. The number of rotatable bonds is 7. The van der Waals surface area contributed by atoms with E-state index >= 15 is 0 Å². The minimum absolute atomic E-state index is 0.241. The zero-order valence-corrected chi connectivity index (χ0v) is 14.8. The SMILES string of the molecule is COCCCNc1nc(=NC2CC2)n2nc/c(=C/c3[nH]c(=O)[nH]c3O)c2n1. The summed E-state index contributed by atoms with van der Waals surface area (Å²) < 4.78 is 6.61. The van der Waals surface area contributed by atoms with E-state index in [0.717, 1.165) is 19.3 Å². The summed E-state index contributed by atoms with van der Waals surface area (Å²) in [5.74, 6) is 0.203.